The van der Waals surface area contributed by atoms with Gasteiger partial charge in [-0.05, 0) is 43.3 Å². The van der Waals surface area contributed by atoms with Crippen molar-refractivity contribution in [3.8, 4) is 5.75 Å². The third kappa shape index (κ3) is 5.79. The van der Waals surface area contributed by atoms with Crippen LogP contribution in [0.2, 0.25) is 5.02 Å². The highest BCUT2D eigenvalue weighted by Crippen LogP contribution is 2.21. The number of aromatic hydroxyl groups is 1. The molecule has 152 valence electrons. The lowest BCUT2D eigenvalue weighted by atomic mass is 10.2. The Morgan fingerprint density at radius 2 is 2.21 bits per heavy atom. The number of nitrogens with one attached hydrogen (secondary N) is 1. The Bertz CT molecular complexity index is 901. The third-order valence-electron chi connectivity index (χ3n) is 4.51. The van der Waals surface area contributed by atoms with Crippen molar-refractivity contribution < 1.29 is 9.90 Å². The number of carbonyl (C=O) groups excluding carboxylic acids is 1. The molecule has 0 saturated carbocycles. The average Bonchev–Trinajstić information content (AvgIpc) is 2.71. The SMILES string of the molecule is C/C=C/C(=N\NCc1cc(Cl)ccc1O)N1CCN(Cc2ccccn2)CC1=O. The molecule has 2 N–H and O–H groups in total. The Balaban J connectivity index is 1.62. The number of halogens is 1. The van der Waals surface area contributed by atoms with Crippen molar-refractivity contribution in [3.63, 3.8) is 0 Å². The molecule has 2 aromatic rings. The van der Waals surface area contributed by atoms with Gasteiger partial charge in [0.25, 0.3) is 0 Å². The zero-order valence-electron chi connectivity index (χ0n) is 16.3. The van der Waals surface area contributed by atoms with E-state index in [0.717, 1.165) is 12.2 Å². The van der Waals surface area contributed by atoms with Gasteiger partial charge >= 0.3 is 0 Å². The van der Waals surface area contributed by atoms with Crippen LogP contribution in [0.5, 0.6) is 5.75 Å². The molecule has 0 bridgehead atoms. The summed E-state index contributed by atoms with van der Waals surface area (Å²) in [5.74, 6) is 0.664. The van der Waals surface area contributed by atoms with Crippen LogP contribution < -0.4 is 5.43 Å². The van der Waals surface area contributed by atoms with Crippen LogP contribution in [0.3, 0.4) is 0 Å². The fourth-order valence-electron chi connectivity index (χ4n) is 3.06. The van der Waals surface area contributed by atoms with Crippen molar-refractivity contribution in [3.05, 3.63) is 71.0 Å². The Morgan fingerprint density at radius 3 is 2.93 bits per heavy atom. The van der Waals surface area contributed by atoms with Crippen molar-refractivity contribution >= 4 is 23.3 Å². The molecule has 0 unspecified atom stereocenters. The van der Waals surface area contributed by atoms with Crippen molar-refractivity contribution in [1.29, 1.82) is 0 Å². The van der Waals surface area contributed by atoms with Crippen molar-refractivity contribution in [2.24, 2.45) is 5.10 Å². The number of allylic oxidation sites excluding steroid dienone is 1. The summed E-state index contributed by atoms with van der Waals surface area (Å²) in [6.45, 7) is 4.39. The second kappa shape index (κ2) is 10.0. The zero-order chi connectivity index (χ0) is 20.6. The largest absolute Gasteiger partial charge is 0.508 e. The van der Waals surface area contributed by atoms with Crippen molar-refractivity contribution in [2.45, 2.75) is 20.0 Å². The molecule has 8 heteroatoms. The zero-order valence-corrected chi connectivity index (χ0v) is 17.0. The number of carbonyl (C=O) groups is 1. The Morgan fingerprint density at radius 1 is 1.34 bits per heavy atom. The van der Waals surface area contributed by atoms with Gasteiger partial charge in [-0.25, -0.2) is 0 Å². The third-order valence-corrected chi connectivity index (χ3v) is 4.74. The van der Waals surface area contributed by atoms with Crippen LogP contribution in [0, 0.1) is 0 Å². The second-order valence-corrected chi connectivity index (χ2v) is 7.09. The Labute approximate surface area is 175 Å². The number of hydrogen-bond donors (Lipinski definition) is 2. The number of pyridine rings is 1. The van der Waals surface area contributed by atoms with E-state index in [1.807, 2.05) is 31.2 Å². The van der Waals surface area contributed by atoms with Crippen LogP contribution in [0.4, 0.5) is 0 Å². The topological polar surface area (TPSA) is 81.1 Å². The first kappa shape index (κ1) is 20.8. The van der Waals surface area contributed by atoms with E-state index in [9.17, 15) is 9.90 Å². The highest BCUT2D eigenvalue weighted by atomic mass is 35.5. The van der Waals surface area contributed by atoms with E-state index in [2.05, 4.69) is 20.4 Å². The number of amides is 1. The van der Waals surface area contributed by atoms with Crippen LogP contribution >= 0.6 is 11.6 Å². The molecular formula is C21H24ClN5O2. The van der Waals surface area contributed by atoms with E-state index >= 15 is 0 Å². The molecule has 1 amide bonds. The van der Waals surface area contributed by atoms with Gasteiger partial charge in [0, 0.05) is 36.4 Å². The maximum atomic E-state index is 12.7. The highest BCUT2D eigenvalue weighted by molar-refractivity contribution is 6.30. The summed E-state index contributed by atoms with van der Waals surface area (Å²) in [6, 6.07) is 10.6. The maximum Gasteiger partial charge on any atom is 0.242 e. The molecule has 0 radical (unpaired) electrons. The minimum absolute atomic E-state index is 0.0172. The van der Waals surface area contributed by atoms with E-state index in [0.29, 0.717) is 42.6 Å². The molecule has 29 heavy (non-hydrogen) atoms. The van der Waals surface area contributed by atoms with Gasteiger partial charge in [-0.2, -0.15) is 5.10 Å². The number of hydrogen-bond acceptors (Lipinski definition) is 6. The van der Waals surface area contributed by atoms with Gasteiger partial charge < -0.3 is 10.5 Å². The molecule has 1 aliphatic rings. The Hall–Kier alpha value is -2.90. The molecule has 1 saturated heterocycles. The molecule has 0 atom stereocenters. The number of phenolic OH excluding ortho intramolecular Hbond substituents is 1. The lowest BCUT2D eigenvalue weighted by Gasteiger charge is -2.33. The van der Waals surface area contributed by atoms with Crippen molar-refractivity contribution in [2.75, 3.05) is 19.6 Å². The summed E-state index contributed by atoms with van der Waals surface area (Å²) in [5.41, 5.74) is 4.50. The average molecular weight is 414 g/mol. The molecule has 1 aromatic carbocycles. The summed E-state index contributed by atoms with van der Waals surface area (Å²) < 4.78 is 0. The van der Waals surface area contributed by atoms with Gasteiger partial charge in [-0.1, -0.05) is 23.7 Å². The summed E-state index contributed by atoms with van der Waals surface area (Å²) >= 11 is 5.97. The molecule has 1 fully saturated rings. The molecule has 1 aliphatic heterocycles. The lowest BCUT2D eigenvalue weighted by Crippen LogP contribution is -2.52. The molecule has 7 nitrogen and oxygen atoms in total. The summed E-state index contributed by atoms with van der Waals surface area (Å²) in [7, 11) is 0. The number of hydrazone groups is 1. The fourth-order valence-corrected chi connectivity index (χ4v) is 3.25. The normalized spacial score (nSPS) is 15.9. The number of aromatic nitrogens is 1. The first-order chi connectivity index (χ1) is 14.1. The first-order valence-electron chi connectivity index (χ1n) is 9.40. The number of amidine groups is 1. The fraction of sp³-hybridized carbons (Fsp3) is 0.286. The smallest absolute Gasteiger partial charge is 0.242 e. The molecular weight excluding hydrogens is 390 g/mol. The van der Waals surface area contributed by atoms with Gasteiger partial charge in [0.15, 0.2) is 5.84 Å². The number of rotatable bonds is 6. The van der Waals surface area contributed by atoms with Gasteiger partial charge in [0.05, 0.1) is 18.8 Å². The number of piperazine rings is 1. The quantitative estimate of drug-likeness (QED) is 0.432. The van der Waals surface area contributed by atoms with Gasteiger partial charge in [-0.3, -0.25) is 19.6 Å². The van der Waals surface area contributed by atoms with Crippen LogP contribution in [-0.4, -0.2) is 51.3 Å². The van der Waals surface area contributed by atoms with Crippen LogP contribution in [0.25, 0.3) is 0 Å². The lowest BCUT2D eigenvalue weighted by molar-refractivity contribution is -0.131. The van der Waals surface area contributed by atoms with Crippen LogP contribution in [0.1, 0.15) is 18.2 Å². The van der Waals surface area contributed by atoms with E-state index in [1.54, 1.807) is 35.4 Å². The van der Waals surface area contributed by atoms with E-state index in [4.69, 9.17) is 11.6 Å². The van der Waals surface area contributed by atoms with Crippen LogP contribution in [-0.2, 0) is 17.9 Å². The van der Waals surface area contributed by atoms with Crippen LogP contribution in [0.15, 0.2) is 59.8 Å². The summed E-state index contributed by atoms with van der Waals surface area (Å²) in [5, 5.41) is 14.8. The molecule has 3 rings (SSSR count). The summed E-state index contributed by atoms with van der Waals surface area (Å²) in [6.07, 6.45) is 5.38. The van der Waals surface area contributed by atoms with E-state index in [-0.39, 0.29) is 11.7 Å². The second-order valence-electron chi connectivity index (χ2n) is 6.66. The predicted molar refractivity (Wildman–Crippen MR) is 113 cm³/mol. The minimum Gasteiger partial charge on any atom is -0.508 e. The monoisotopic (exact) mass is 413 g/mol. The maximum absolute atomic E-state index is 12.7. The summed E-state index contributed by atoms with van der Waals surface area (Å²) in [4.78, 5) is 20.8. The standard InChI is InChI=1S/C21H24ClN5O2/c1-2-5-20(25-24-13-16-12-17(22)7-8-19(16)28)27-11-10-26(15-21(27)29)14-18-6-3-4-9-23-18/h2-9,12,24,28H,10-11,13-15H2,1H3/b5-2+,25-20+. The first-order valence-corrected chi connectivity index (χ1v) is 9.78. The van der Waals surface area contributed by atoms with Gasteiger partial charge in [-0.15, -0.1) is 0 Å². The van der Waals surface area contributed by atoms with Gasteiger partial charge in [0.2, 0.25) is 5.91 Å². The van der Waals surface area contributed by atoms with E-state index in [1.165, 1.54) is 0 Å². The molecule has 2 heterocycles. The van der Waals surface area contributed by atoms with Crippen molar-refractivity contribution in [1.82, 2.24) is 20.2 Å². The van der Waals surface area contributed by atoms with Gasteiger partial charge in [0.1, 0.15) is 5.75 Å². The predicted octanol–water partition coefficient (Wildman–Crippen LogP) is 2.76. The number of nitrogens with zero attached hydrogens (tertiary/aromatic N) is 4. The molecule has 0 aliphatic carbocycles. The minimum atomic E-state index is -0.0172. The highest BCUT2D eigenvalue weighted by Gasteiger charge is 2.26. The molecule has 0 spiro atoms. The molecule has 1 aromatic heterocycles. The van der Waals surface area contributed by atoms with E-state index < -0.39 is 0 Å². The Kier molecular flexibility index (Phi) is 7.21. The number of phenols is 1. The number of benzene rings is 1.